The van der Waals surface area contributed by atoms with Crippen molar-refractivity contribution in [2.24, 2.45) is 11.7 Å². The van der Waals surface area contributed by atoms with E-state index in [9.17, 15) is 4.79 Å². The van der Waals surface area contributed by atoms with Gasteiger partial charge in [0, 0.05) is 31.9 Å². The fourth-order valence-electron chi connectivity index (χ4n) is 2.75. The largest absolute Gasteiger partial charge is 0.444 e. The molecule has 0 aliphatic carbocycles. The number of nitrogens with two attached hydrogens (primary N) is 1. The first-order chi connectivity index (χ1) is 10.3. The van der Waals surface area contributed by atoms with Crippen LogP contribution in [-0.2, 0) is 17.7 Å². The second kappa shape index (κ2) is 6.69. The Bertz CT molecular complexity index is 506. The first-order valence-electron chi connectivity index (χ1n) is 8.03. The molecule has 2 unspecified atom stereocenters. The van der Waals surface area contributed by atoms with Gasteiger partial charge in [-0.15, -0.1) is 0 Å². The van der Waals surface area contributed by atoms with Gasteiger partial charge >= 0.3 is 6.09 Å². The maximum absolute atomic E-state index is 12.1. The number of hydrogen-bond acceptors (Lipinski definition) is 4. The van der Waals surface area contributed by atoms with Gasteiger partial charge in [0.15, 0.2) is 0 Å². The van der Waals surface area contributed by atoms with Crippen LogP contribution in [0, 0.1) is 5.92 Å². The average Bonchev–Trinajstić information content (AvgIpc) is 3.05. The van der Waals surface area contributed by atoms with Crippen molar-refractivity contribution < 1.29 is 9.53 Å². The molecule has 1 aromatic rings. The normalized spacial score (nSPS) is 20.2. The molecule has 6 nitrogen and oxygen atoms in total. The summed E-state index contributed by atoms with van der Waals surface area (Å²) in [5.74, 6) is 0.317. The molecule has 0 aromatic carbocycles. The van der Waals surface area contributed by atoms with E-state index in [4.69, 9.17) is 10.5 Å². The van der Waals surface area contributed by atoms with Gasteiger partial charge in [-0.25, -0.2) is 4.79 Å². The van der Waals surface area contributed by atoms with Gasteiger partial charge in [-0.05, 0) is 52.0 Å². The standard InChI is InChI=1S/C16H28N4O2/c1-5-20-10-12(9-18-20)8-14(17)13-6-7-19(11-13)15(21)22-16(2,3)4/h9-10,13-14H,5-8,11,17H2,1-4H3. The monoisotopic (exact) mass is 308 g/mol. The van der Waals surface area contributed by atoms with Crippen LogP contribution < -0.4 is 5.73 Å². The molecule has 2 atom stereocenters. The Morgan fingerprint density at radius 3 is 2.86 bits per heavy atom. The maximum atomic E-state index is 12.1. The van der Waals surface area contributed by atoms with Crippen LogP contribution in [0.4, 0.5) is 4.79 Å². The number of rotatable bonds is 4. The highest BCUT2D eigenvalue weighted by atomic mass is 16.6. The van der Waals surface area contributed by atoms with Crippen molar-refractivity contribution in [3.63, 3.8) is 0 Å². The Balaban J connectivity index is 1.85. The van der Waals surface area contributed by atoms with Gasteiger partial charge in [0.05, 0.1) is 6.20 Å². The summed E-state index contributed by atoms with van der Waals surface area (Å²) in [5.41, 5.74) is 7.04. The van der Waals surface area contributed by atoms with Crippen molar-refractivity contribution >= 4 is 6.09 Å². The molecular weight excluding hydrogens is 280 g/mol. The number of carbonyl (C=O) groups excluding carboxylic acids is 1. The molecule has 2 rings (SSSR count). The summed E-state index contributed by atoms with van der Waals surface area (Å²) < 4.78 is 7.33. The lowest BCUT2D eigenvalue weighted by atomic mass is 9.95. The van der Waals surface area contributed by atoms with Crippen LogP contribution in [0.1, 0.15) is 39.7 Å². The third kappa shape index (κ3) is 4.47. The molecule has 1 aromatic heterocycles. The predicted molar refractivity (Wildman–Crippen MR) is 85.5 cm³/mol. The smallest absolute Gasteiger partial charge is 0.410 e. The summed E-state index contributed by atoms with van der Waals surface area (Å²) in [6, 6.07) is 0.0435. The zero-order chi connectivity index (χ0) is 16.3. The molecule has 2 heterocycles. The van der Waals surface area contributed by atoms with Gasteiger partial charge in [0.2, 0.25) is 0 Å². The van der Waals surface area contributed by atoms with Crippen molar-refractivity contribution in [3.05, 3.63) is 18.0 Å². The Hall–Kier alpha value is -1.56. The third-order valence-corrected chi connectivity index (χ3v) is 3.96. The van der Waals surface area contributed by atoms with Crippen LogP contribution in [0.3, 0.4) is 0 Å². The number of amides is 1. The SMILES string of the molecule is CCn1cc(CC(N)C2CCN(C(=O)OC(C)(C)C)C2)cn1. The number of aromatic nitrogens is 2. The van der Waals surface area contributed by atoms with Crippen LogP contribution in [0.5, 0.6) is 0 Å². The number of aryl methyl sites for hydroxylation is 1. The average molecular weight is 308 g/mol. The van der Waals surface area contributed by atoms with Gasteiger partial charge in [-0.3, -0.25) is 4.68 Å². The fraction of sp³-hybridized carbons (Fsp3) is 0.750. The zero-order valence-electron chi connectivity index (χ0n) is 14.1. The maximum Gasteiger partial charge on any atom is 0.410 e. The third-order valence-electron chi connectivity index (χ3n) is 3.96. The van der Waals surface area contributed by atoms with Crippen molar-refractivity contribution in [1.29, 1.82) is 0 Å². The van der Waals surface area contributed by atoms with Crippen LogP contribution in [0.15, 0.2) is 12.4 Å². The Kier molecular flexibility index (Phi) is 5.11. The first-order valence-corrected chi connectivity index (χ1v) is 8.03. The first kappa shape index (κ1) is 16.8. The van der Waals surface area contributed by atoms with Crippen LogP contribution in [0.25, 0.3) is 0 Å². The highest BCUT2D eigenvalue weighted by molar-refractivity contribution is 5.68. The Morgan fingerprint density at radius 2 is 2.27 bits per heavy atom. The molecule has 0 radical (unpaired) electrons. The number of hydrogen-bond donors (Lipinski definition) is 1. The van der Waals surface area contributed by atoms with Crippen LogP contribution >= 0.6 is 0 Å². The number of nitrogens with zero attached hydrogens (tertiary/aromatic N) is 3. The van der Waals surface area contributed by atoms with Gasteiger partial charge in [-0.1, -0.05) is 0 Å². The van der Waals surface area contributed by atoms with E-state index in [2.05, 4.69) is 12.0 Å². The summed E-state index contributed by atoms with van der Waals surface area (Å²) in [4.78, 5) is 13.8. The summed E-state index contributed by atoms with van der Waals surface area (Å²) in [6.07, 6.45) is 5.42. The van der Waals surface area contributed by atoms with E-state index in [0.717, 1.165) is 31.5 Å². The number of carbonyl (C=O) groups is 1. The molecule has 0 bridgehead atoms. The Morgan fingerprint density at radius 1 is 1.55 bits per heavy atom. The minimum absolute atomic E-state index is 0.0435. The lowest BCUT2D eigenvalue weighted by Crippen LogP contribution is -2.38. The van der Waals surface area contributed by atoms with Crippen LogP contribution in [0.2, 0.25) is 0 Å². The molecule has 1 aliphatic rings. The van der Waals surface area contributed by atoms with E-state index in [1.807, 2.05) is 37.8 Å². The van der Waals surface area contributed by atoms with E-state index in [-0.39, 0.29) is 12.1 Å². The molecule has 0 spiro atoms. The van der Waals surface area contributed by atoms with Crippen molar-refractivity contribution in [2.45, 2.75) is 58.7 Å². The van der Waals surface area contributed by atoms with Gasteiger partial charge in [0.1, 0.15) is 5.60 Å². The van der Waals surface area contributed by atoms with Crippen molar-refractivity contribution in [1.82, 2.24) is 14.7 Å². The van der Waals surface area contributed by atoms with Gasteiger partial charge < -0.3 is 15.4 Å². The van der Waals surface area contributed by atoms with E-state index in [1.165, 1.54) is 0 Å². The lowest BCUT2D eigenvalue weighted by Gasteiger charge is -2.25. The second-order valence-electron chi connectivity index (χ2n) is 7.05. The zero-order valence-corrected chi connectivity index (χ0v) is 14.1. The highest BCUT2D eigenvalue weighted by Gasteiger charge is 2.32. The molecule has 1 amide bonds. The lowest BCUT2D eigenvalue weighted by molar-refractivity contribution is 0.0286. The second-order valence-corrected chi connectivity index (χ2v) is 7.05. The minimum atomic E-state index is -0.452. The van der Waals surface area contributed by atoms with Crippen molar-refractivity contribution in [2.75, 3.05) is 13.1 Å². The van der Waals surface area contributed by atoms with Gasteiger partial charge in [-0.2, -0.15) is 5.10 Å². The molecular formula is C16H28N4O2. The van der Waals surface area contributed by atoms with E-state index in [0.29, 0.717) is 12.5 Å². The molecule has 1 fully saturated rings. The van der Waals surface area contributed by atoms with E-state index < -0.39 is 5.60 Å². The van der Waals surface area contributed by atoms with Crippen molar-refractivity contribution in [3.8, 4) is 0 Å². The molecule has 1 saturated heterocycles. The molecule has 0 saturated carbocycles. The highest BCUT2D eigenvalue weighted by Crippen LogP contribution is 2.23. The summed E-state index contributed by atoms with van der Waals surface area (Å²) in [5, 5.41) is 4.27. The van der Waals surface area contributed by atoms with Crippen LogP contribution in [-0.4, -0.2) is 45.5 Å². The van der Waals surface area contributed by atoms with Gasteiger partial charge in [0.25, 0.3) is 0 Å². The summed E-state index contributed by atoms with van der Waals surface area (Å²) in [6.45, 7) is 9.98. The number of ether oxygens (including phenoxy) is 1. The molecule has 2 N–H and O–H groups in total. The topological polar surface area (TPSA) is 73.4 Å². The summed E-state index contributed by atoms with van der Waals surface area (Å²) in [7, 11) is 0. The fourth-order valence-corrected chi connectivity index (χ4v) is 2.75. The molecule has 1 aliphatic heterocycles. The quantitative estimate of drug-likeness (QED) is 0.923. The number of likely N-dealkylation sites (tertiary alicyclic amines) is 1. The molecule has 6 heteroatoms. The molecule has 22 heavy (non-hydrogen) atoms. The minimum Gasteiger partial charge on any atom is -0.444 e. The molecule has 124 valence electrons. The van der Waals surface area contributed by atoms with E-state index in [1.54, 1.807) is 4.90 Å². The summed E-state index contributed by atoms with van der Waals surface area (Å²) >= 11 is 0. The van der Waals surface area contributed by atoms with E-state index >= 15 is 0 Å². The predicted octanol–water partition coefficient (Wildman–Crippen LogP) is 2.03. The Labute approximate surface area is 132 Å².